The van der Waals surface area contributed by atoms with Gasteiger partial charge in [0, 0.05) is 64.0 Å². The van der Waals surface area contributed by atoms with Gasteiger partial charge in [-0.25, -0.2) is 4.98 Å². The zero-order chi connectivity index (χ0) is 17.9. The number of piperidine rings is 1. The smallest absolute Gasteiger partial charge is 0.193 e. The van der Waals surface area contributed by atoms with E-state index in [0.717, 1.165) is 71.0 Å². The highest BCUT2D eigenvalue weighted by Crippen LogP contribution is 2.15. The predicted octanol–water partition coefficient (Wildman–Crippen LogP) is 3.10. The summed E-state index contributed by atoms with van der Waals surface area (Å²) >= 11 is 1.76. The third kappa shape index (κ3) is 8.49. The number of likely N-dealkylation sites (tertiary alicyclic amines) is 1. The van der Waals surface area contributed by atoms with Crippen molar-refractivity contribution >= 4 is 41.3 Å². The molecular weight excluding hydrogens is 463 g/mol. The summed E-state index contributed by atoms with van der Waals surface area (Å²) in [4.78, 5) is 12.8. The molecule has 150 valence electrons. The molecule has 0 aliphatic carbocycles. The minimum absolute atomic E-state index is 0. The first-order valence-corrected chi connectivity index (χ1v) is 10.1. The molecule has 1 aromatic rings. The van der Waals surface area contributed by atoms with Crippen LogP contribution in [0.2, 0.25) is 0 Å². The van der Waals surface area contributed by atoms with Gasteiger partial charge in [0.1, 0.15) is 0 Å². The van der Waals surface area contributed by atoms with Crippen LogP contribution in [0.5, 0.6) is 0 Å². The number of nitrogens with one attached hydrogen (secondary N) is 1. The number of hydrogen-bond donors (Lipinski definition) is 1. The summed E-state index contributed by atoms with van der Waals surface area (Å²) in [7, 11) is 1.73. The normalized spacial score (nSPS) is 15.8. The molecule has 1 N–H and O–H groups in total. The molecule has 2 heterocycles. The predicted molar refractivity (Wildman–Crippen MR) is 119 cm³/mol. The number of thiazole rings is 1. The van der Waals surface area contributed by atoms with E-state index in [0.29, 0.717) is 6.10 Å². The Morgan fingerprint density at radius 3 is 2.77 bits per heavy atom. The van der Waals surface area contributed by atoms with E-state index in [9.17, 15) is 0 Å². The van der Waals surface area contributed by atoms with E-state index >= 15 is 0 Å². The van der Waals surface area contributed by atoms with Crippen molar-refractivity contribution in [3.05, 3.63) is 16.1 Å². The van der Waals surface area contributed by atoms with Gasteiger partial charge < -0.3 is 19.7 Å². The summed E-state index contributed by atoms with van der Waals surface area (Å²) < 4.78 is 11.0. The van der Waals surface area contributed by atoms with Crippen LogP contribution in [0.4, 0.5) is 0 Å². The van der Waals surface area contributed by atoms with Crippen molar-refractivity contribution in [2.24, 2.45) is 4.99 Å². The van der Waals surface area contributed by atoms with E-state index in [1.165, 1.54) is 9.88 Å². The number of aliphatic imine (C=N–C) groups is 1. The maximum absolute atomic E-state index is 5.94. The second-order valence-electron chi connectivity index (χ2n) is 6.25. The molecule has 26 heavy (non-hydrogen) atoms. The zero-order valence-electron chi connectivity index (χ0n) is 16.2. The average Bonchev–Trinajstić information content (AvgIpc) is 3.04. The monoisotopic (exact) mass is 496 g/mol. The number of ether oxygens (including phenoxy) is 2. The number of aromatic nitrogens is 1. The summed E-state index contributed by atoms with van der Waals surface area (Å²) in [5.74, 6) is 1.02. The van der Waals surface area contributed by atoms with Crippen LogP contribution in [-0.4, -0.2) is 68.4 Å². The highest BCUT2D eigenvalue weighted by molar-refractivity contribution is 14.0. The van der Waals surface area contributed by atoms with Gasteiger partial charge >= 0.3 is 0 Å². The lowest BCUT2D eigenvalue weighted by Crippen LogP contribution is -2.47. The summed E-state index contributed by atoms with van der Waals surface area (Å²) in [5.41, 5.74) is 0. The van der Waals surface area contributed by atoms with Crippen molar-refractivity contribution in [3.8, 4) is 0 Å². The second kappa shape index (κ2) is 13.7. The Morgan fingerprint density at radius 2 is 2.15 bits per heavy atom. The van der Waals surface area contributed by atoms with Gasteiger partial charge in [0.05, 0.1) is 11.1 Å². The molecule has 0 bridgehead atoms. The number of methoxy groups -OCH3 is 1. The fourth-order valence-electron chi connectivity index (χ4n) is 2.89. The minimum Gasteiger partial charge on any atom is -0.385 e. The molecule has 1 aromatic heterocycles. The van der Waals surface area contributed by atoms with Crippen molar-refractivity contribution < 1.29 is 9.47 Å². The van der Waals surface area contributed by atoms with Gasteiger partial charge in [-0.1, -0.05) is 0 Å². The van der Waals surface area contributed by atoms with Crippen molar-refractivity contribution in [2.45, 2.75) is 45.6 Å². The molecule has 0 unspecified atom stereocenters. The Balaban J connectivity index is 0.00000338. The molecule has 1 saturated heterocycles. The first-order chi connectivity index (χ1) is 12.2. The first-order valence-electron chi connectivity index (χ1n) is 9.28. The molecule has 2 rings (SSSR count). The Bertz CT molecular complexity index is 519. The Labute approximate surface area is 178 Å². The van der Waals surface area contributed by atoms with Crippen molar-refractivity contribution in [1.82, 2.24) is 15.2 Å². The SMILES string of the molecule is CCNC(=NCCc1ncc(C)s1)N1CCC(OCCCOC)CC1.I. The Kier molecular flexibility index (Phi) is 12.4. The standard InChI is InChI=1S/C18H32N4O2S.HI/c1-4-19-18(20-9-6-17-21-14-15(2)25-17)22-10-7-16(8-11-22)24-13-5-12-23-3;/h14,16H,4-13H2,1-3H3,(H,19,20);1H. The molecule has 1 aliphatic heterocycles. The van der Waals surface area contributed by atoms with Crippen molar-refractivity contribution in [1.29, 1.82) is 0 Å². The molecule has 0 aromatic carbocycles. The van der Waals surface area contributed by atoms with Crippen LogP contribution >= 0.6 is 35.3 Å². The molecule has 0 amide bonds. The lowest BCUT2D eigenvalue weighted by molar-refractivity contribution is 0.00991. The van der Waals surface area contributed by atoms with Gasteiger partial charge in [0.2, 0.25) is 0 Å². The van der Waals surface area contributed by atoms with Crippen molar-refractivity contribution in [2.75, 3.05) is 46.5 Å². The van der Waals surface area contributed by atoms with Gasteiger partial charge in [0.25, 0.3) is 0 Å². The molecule has 1 aliphatic rings. The fourth-order valence-corrected chi connectivity index (χ4v) is 3.66. The van der Waals surface area contributed by atoms with Crippen LogP contribution in [0.15, 0.2) is 11.2 Å². The number of aryl methyl sites for hydroxylation is 1. The van der Waals surface area contributed by atoms with Gasteiger partial charge in [-0.2, -0.15) is 0 Å². The van der Waals surface area contributed by atoms with Crippen molar-refractivity contribution in [3.63, 3.8) is 0 Å². The summed E-state index contributed by atoms with van der Waals surface area (Å²) in [6.07, 6.45) is 6.30. The third-order valence-electron chi connectivity index (χ3n) is 4.18. The molecule has 0 atom stereocenters. The summed E-state index contributed by atoms with van der Waals surface area (Å²) in [6, 6.07) is 0. The average molecular weight is 496 g/mol. The molecule has 6 nitrogen and oxygen atoms in total. The van der Waals surface area contributed by atoms with E-state index in [4.69, 9.17) is 14.5 Å². The highest BCUT2D eigenvalue weighted by atomic mass is 127. The number of nitrogens with zero attached hydrogens (tertiary/aromatic N) is 3. The van der Waals surface area contributed by atoms with E-state index in [2.05, 4.69) is 29.0 Å². The molecular formula is C18H33IN4O2S. The molecule has 0 spiro atoms. The maximum atomic E-state index is 5.94. The topological polar surface area (TPSA) is 59.0 Å². The van der Waals surface area contributed by atoms with Crippen LogP contribution in [0.3, 0.4) is 0 Å². The van der Waals surface area contributed by atoms with Gasteiger partial charge in [0.15, 0.2) is 5.96 Å². The highest BCUT2D eigenvalue weighted by Gasteiger charge is 2.21. The quantitative estimate of drug-likeness (QED) is 0.247. The first kappa shape index (κ1) is 23.6. The minimum atomic E-state index is 0. The van der Waals surface area contributed by atoms with E-state index in [-0.39, 0.29) is 24.0 Å². The van der Waals surface area contributed by atoms with Crippen LogP contribution in [0.1, 0.15) is 36.1 Å². The molecule has 8 heteroatoms. The summed E-state index contributed by atoms with van der Waals surface area (Å²) in [5, 5.41) is 4.59. The second-order valence-corrected chi connectivity index (χ2v) is 7.57. The van der Waals surface area contributed by atoms with Crippen LogP contribution in [0, 0.1) is 6.92 Å². The summed E-state index contributed by atoms with van der Waals surface area (Å²) in [6.45, 7) is 9.44. The van der Waals surface area contributed by atoms with Gasteiger partial charge in [-0.3, -0.25) is 4.99 Å². The fraction of sp³-hybridized carbons (Fsp3) is 0.778. The molecule has 1 fully saturated rings. The van der Waals surface area contributed by atoms with Gasteiger partial charge in [-0.05, 0) is 33.1 Å². The lowest BCUT2D eigenvalue weighted by Gasteiger charge is -2.34. The van der Waals surface area contributed by atoms with E-state index in [1.54, 1.807) is 18.4 Å². The van der Waals surface area contributed by atoms with E-state index in [1.807, 2.05) is 6.20 Å². The van der Waals surface area contributed by atoms with Crippen LogP contribution in [0.25, 0.3) is 0 Å². The van der Waals surface area contributed by atoms with Crippen LogP contribution < -0.4 is 5.32 Å². The molecule has 0 radical (unpaired) electrons. The number of halogens is 1. The maximum Gasteiger partial charge on any atom is 0.193 e. The van der Waals surface area contributed by atoms with Gasteiger partial charge in [-0.15, -0.1) is 35.3 Å². The van der Waals surface area contributed by atoms with Crippen LogP contribution in [-0.2, 0) is 15.9 Å². The number of rotatable bonds is 9. The number of guanidine groups is 1. The largest absolute Gasteiger partial charge is 0.385 e. The number of hydrogen-bond acceptors (Lipinski definition) is 5. The lowest BCUT2D eigenvalue weighted by atomic mass is 10.1. The Morgan fingerprint density at radius 1 is 1.38 bits per heavy atom. The van der Waals surface area contributed by atoms with E-state index < -0.39 is 0 Å². The third-order valence-corrected chi connectivity index (χ3v) is 5.15. The Hall–Kier alpha value is -0.450. The zero-order valence-corrected chi connectivity index (χ0v) is 19.3. The molecule has 0 saturated carbocycles.